The van der Waals surface area contributed by atoms with Gasteiger partial charge in [-0.3, -0.25) is 9.59 Å². The van der Waals surface area contributed by atoms with Crippen LogP contribution in [-0.2, 0) is 31.9 Å². The molecule has 0 spiro atoms. The Hall–Kier alpha value is -3.02. The normalized spacial score (nSPS) is 13.4. The summed E-state index contributed by atoms with van der Waals surface area (Å²) in [5.41, 5.74) is 5.30. The van der Waals surface area contributed by atoms with Crippen LogP contribution in [0.15, 0.2) is 46.6 Å². The van der Waals surface area contributed by atoms with Gasteiger partial charge in [0.2, 0.25) is 0 Å². The van der Waals surface area contributed by atoms with Crippen molar-refractivity contribution in [1.82, 2.24) is 0 Å². The molecule has 0 aliphatic carbocycles. The van der Waals surface area contributed by atoms with Crippen LogP contribution in [0.3, 0.4) is 0 Å². The van der Waals surface area contributed by atoms with Crippen molar-refractivity contribution in [2.75, 3.05) is 14.2 Å². The van der Waals surface area contributed by atoms with Crippen molar-refractivity contribution >= 4 is 23.3 Å². The highest BCUT2D eigenvalue weighted by Crippen LogP contribution is 2.32. The first-order valence-electron chi connectivity index (χ1n) is 11.9. The Labute approximate surface area is 203 Å². The summed E-state index contributed by atoms with van der Waals surface area (Å²) in [7, 11) is 2.79. The monoisotopic (exact) mass is 466 g/mol. The van der Waals surface area contributed by atoms with Gasteiger partial charge >= 0.3 is 11.9 Å². The highest BCUT2D eigenvalue weighted by molar-refractivity contribution is 5.78. The molecule has 6 heteroatoms. The van der Waals surface area contributed by atoms with Crippen molar-refractivity contribution in [1.29, 1.82) is 0 Å². The standard InChI is InChI=1S/C28H38N2O4/c1-17(2)13-23-11-9-21(19(5)27(31)33-7)15-25(23)29-30-26-16-22(20(6)28(32)34-8)10-12-24(26)14-18(3)4/h9-12,15-20H,13-14H2,1-8H3/b30-29+. The Balaban J connectivity index is 2.55. The number of nitrogens with zero attached hydrogens (tertiary/aromatic N) is 2. The number of carbonyl (C=O) groups excluding carboxylic acids is 2. The molecule has 6 nitrogen and oxygen atoms in total. The van der Waals surface area contributed by atoms with Crippen LogP contribution in [0.25, 0.3) is 0 Å². The summed E-state index contributed by atoms with van der Waals surface area (Å²) in [5, 5.41) is 9.30. The number of hydrogen-bond acceptors (Lipinski definition) is 6. The molecule has 2 rings (SSSR count). The second kappa shape index (κ2) is 12.4. The molecule has 0 N–H and O–H groups in total. The summed E-state index contributed by atoms with van der Waals surface area (Å²) >= 11 is 0. The highest BCUT2D eigenvalue weighted by atomic mass is 16.5. The van der Waals surface area contributed by atoms with E-state index in [0.29, 0.717) is 11.8 Å². The Morgan fingerprint density at radius 3 is 1.32 bits per heavy atom. The molecule has 0 aliphatic heterocycles. The molecule has 0 radical (unpaired) electrons. The zero-order valence-electron chi connectivity index (χ0n) is 21.7. The third-order valence-electron chi connectivity index (χ3n) is 5.85. The molecule has 2 atom stereocenters. The average molecular weight is 467 g/mol. The van der Waals surface area contributed by atoms with Crippen LogP contribution >= 0.6 is 0 Å². The largest absolute Gasteiger partial charge is 0.469 e. The maximum absolute atomic E-state index is 12.1. The van der Waals surface area contributed by atoms with Gasteiger partial charge in [0.1, 0.15) is 0 Å². The minimum absolute atomic E-state index is 0.289. The van der Waals surface area contributed by atoms with Gasteiger partial charge in [0.25, 0.3) is 0 Å². The van der Waals surface area contributed by atoms with Gasteiger partial charge in [-0.05, 0) is 72.9 Å². The van der Waals surface area contributed by atoms with Gasteiger partial charge in [-0.1, -0.05) is 52.0 Å². The topological polar surface area (TPSA) is 77.3 Å². The summed E-state index contributed by atoms with van der Waals surface area (Å²) in [6.45, 7) is 12.3. The van der Waals surface area contributed by atoms with Crippen LogP contribution in [0.4, 0.5) is 11.4 Å². The van der Waals surface area contributed by atoms with Gasteiger partial charge < -0.3 is 9.47 Å². The molecule has 0 amide bonds. The van der Waals surface area contributed by atoms with E-state index in [4.69, 9.17) is 9.47 Å². The van der Waals surface area contributed by atoms with Crippen LogP contribution in [0, 0.1) is 11.8 Å². The van der Waals surface area contributed by atoms with Crippen LogP contribution in [0.1, 0.15) is 75.6 Å². The van der Waals surface area contributed by atoms with Gasteiger partial charge in [-0.15, -0.1) is 0 Å². The second-order valence-electron chi connectivity index (χ2n) is 9.66. The van der Waals surface area contributed by atoms with Crippen molar-refractivity contribution in [2.24, 2.45) is 22.1 Å². The molecule has 0 saturated carbocycles. The predicted molar refractivity (Wildman–Crippen MR) is 135 cm³/mol. The Bertz CT molecular complexity index is 946. The quantitative estimate of drug-likeness (QED) is 0.278. The average Bonchev–Trinajstić information content (AvgIpc) is 2.81. The van der Waals surface area contributed by atoms with E-state index in [0.717, 1.165) is 46.5 Å². The molecule has 0 saturated heterocycles. The molecule has 2 aromatic carbocycles. The molecule has 0 bridgehead atoms. The van der Waals surface area contributed by atoms with E-state index in [-0.39, 0.29) is 11.9 Å². The van der Waals surface area contributed by atoms with E-state index in [2.05, 4.69) is 37.9 Å². The van der Waals surface area contributed by atoms with E-state index in [1.807, 2.05) is 50.2 Å². The molecule has 0 aliphatic rings. The second-order valence-corrected chi connectivity index (χ2v) is 9.66. The highest BCUT2D eigenvalue weighted by Gasteiger charge is 2.19. The number of ether oxygens (including phenoxy) is 2. The van der Waals surface area contributed by atoms with Crippen molar-refractivity contribution in [2.45, 2.75) is 66.2 Å². The van der Waals surface area contributed by atoms with Crippen molar-refractivity contribution < 1.29 is 19.1 Å². The summed E-state index contributed by atoms with van der Waals surface area (Å²) in [4.78, 5) is 24.2. The number of esters is 2. The predicted octanol–water partition coefficient (Wildman–Crippen LogP) is 7.05. The number of carbonyl (C=O) groups is 2. The van der Waals surface area contributed by atoms with Crippen LogP contribution in [-0.4, -0.2) is 26.2 Å². The fourth-order valence-corrected chi connectivity index (χ4v) is 3.84. The third kappa shape index (κ3) is 7.24. The Morgan fingerprint density at radius 2 is 1.03 bits per heavy atom. The molecule has 2 unspecified atom stereocenters. The third-order valence-corrected chi connectivity index (χ3v) is 5.85. The SMILES string of the molecule is COC(=O)C(C)c1ccc(CC(C)C)c(/N=N/c2cc(C(C)C(=O)OC)ccc2CC(C)C)c1. The van der Waals surface area contributed by atoms with Crippen LogP contribution < -0.4 is 0 Å². The lowest BCUT2D eigenvalue weighted by Crippen LogP contribution is -2.11. The molecule has 0 heterocycles. The maximum Gasteiger partial charge on any atom is 0.312 e. The molecule has 34 heavy (non-hydrogen) atoms. The van der Waals surface area contributed by atoms with E-state index in [1.54, 1.807) is 0 Å². The zero-order valence-corrected chi connectivity index (χ0v) is 21.7. The van der Waals surface area contributed by atoms with Gasteiger partial charge in [0.05, 0.1) is 37.4 Å². The number of hydrogen-bond donors (Lipinski definition) is 0. The molecule has 2 aromatic rings. The van der Waals surface area contributed by atoms with E-state index in [9.17, 15) is 9.59 Å². The van der Waals surface area contributed by atoms with Gasteiger partial charge in [0, 0.05) is 0 Å². The summed E-state index contributed by atoms with van der Waals surface area (Å²) in [5.74, 6) is -0.482. The zero-order chi connectivity index (χ0) is 25.4. The smallest absolute Gasteiger partial charge is 0.312 e. The minimum Gasteiger partial charge on any atom is -0.469 e. The summed E-state index contributed by atoms with van der Waals surface area (Å²) in [6, 6.07) is 11.8. The van der Waals surface area contributed by atoms with E-state index in [1.165, 1.54) is 14.2 Å². The van der Waals surface area contributed by atoms with Crippen molar-refractivity contribution in [3.05, 3.63) is 58.7 Å². The Kier molecular flexibility index (Phi) is 9.97. The van der Waals surface area contributed by atoms with Gasteiger partial charge in [-0.25, -0.2) is 0 Å². The lowest BCUT2D eigenvalue weighted by molar-refractivity contribution is -0.142. The maximum atomic E-state index is 12.1. The molecular weight excluding hydrogens is 428 g/mol. The number of benzene rings is 2. The lowest BCUT2D eigenvalue weighted by atomic mass is 9.95. The van der Waals surface area contributed by atoms with Crippen LogP contribution in [0.2, 0.25) is 0 Å². The number of azo groups is 1. The first kappa shape index (κ1) is 27.2. The number of rotatable bonds is 10. The summed E-state index contributed by atoms with van der Waals surface area (Å²) < 4.78 is 9.83. The van der Waals surface area contributed by atoms with E-state index >= 15 is 0 Å². The van der Waals surface area contributed by atoms with Gasteiger partial charge in [-0.2, -0.15) is 10.2 Å². The molecule has 0 aromatic heterocycles. The van der Waals surface area contributed by atoms with Gasteiger partial charge in [0.15, 0.2) is 0 Å². The van der Waals surface area contributed by atoms with Crippen molar-refractivity contribution in [3.8, 4) is 0 Å². The first-order chi connectivity index (χ1) is 16.1. The van der Waals surface area contributed by atoms with Crippen molar-refractivity contribution in [3.63, 3.8) is 0 Å². The summed E-state index contributed by atoms with van der Waals surface area (Å²) in [6.07, 6.45) is 1.69. The Morgan fingerprint density at radius 1 is 0.676 bits per heavy atom. The fourth-order valence-electron chi connectivity index (χ4n) is 3.84. The van der Waals surface area contributed by atoms with E-state index < -0.39 is 11.8 Å². The molecular formula is C28H38N2O4. The fraction of sp³-hybridized carbons (Fsp3) is 0.500. The number of methoxy groups -OCH3 is 2. The lowest BCUT2D eigenvalue weighted by Gasteiger charge is -2.15. The minimum atomic E-state index is -0.396. The van der Waals surface area contributed by atoms with Crippen LogP contribution in [0.5, 0.6) is 0 Å². The molecule has 0 fully saturated rings. The molecule has 184 valence electrons. The first-order valence-corrected chi connectivity index (χ1v) is 11.9.